The van der Waals surface area contributed by atoms with E-state index in [-0.39, 0.29) is 5.69 Å². The summed E-state index contributed by atoms with van der Waals surface area (Å²) in [5, 5.41) is 7.63. The number of benzene rings is 1. The fraction of sp³-hybridized carbons (Fsp3) is 0.450. The summed E-state index contributed by atoms with van der Waals surface area (Å²) in [6, 6.07) is 7.69. The number of rotatable bonds is 4. The molecule has 2 fully saturated rings. The third-order valence-corrected chi connectivity index (χ3v) is 5.91. The second kappa shape index (κ2) is 6.49. The highest BCUT2D eigenvalue weighted by Crippen LogP contribution is 2.53. The van der Waals surface area contributed by atoms with Crippen LogP contribution < -0.4 is 11.0 Å². The summed E-state index contributed by atoms with van der Waals surface area (Å²) in [6.07, 6.45) is 5.35. The molecule has 140 valence electrons. The van der Waals surface area contributed by atoms with E-state index in [2.05, 4.69) is 20.4 Å². The van der Waals surface area contributed by atoms with Gasteiger partial charge in [-0.25, -0.2) is 4.79 Å². The maximum Gasteiger partial charge on any atom is 0.330 e. The van der Waals surface area contributed by atoms with Crippen molar-refractivity contribution in [3.8, 4) is 17.1 Å². The van der Waals surface area contributed by atoms with Crippen LogP contribution in [0.15, 0.2) is 39.8 Å². The Balaban J connectivity index is 1.38. The van der Waals surface area contributed by atoms with E-state index in [1.807, 2.05) is 31.2 Å². The normalized spacial score (nSPS) is 22.9. The van der Waals surface area contributed by atoms with Crippen LogP contribution in [-0.2, 0) is 0 Å². The molecule has 0 radical (unpaired) electrons. The van der Waals surface area contributed by atoms with Crippen molar-refractivity contribution < 1.29 is 4.52 Å². The number of imidazole rings is 1. The molecule has 3 heterocycles. The second-order valence-corrected chi connectivity index (χ2v) is 7.67. The topological polar surface area (TPSA) is 88.7 Å². The molecule has 1 saturated heterocycles. The van der Waals surface area contributed by atoms with E-state index < -0.39 is 0 Å². The number of aromatic nitrogens is 4. The zero-order valence-electron chi connectivity index (χ0n) is 15.3. The first-order valence-corrected chi connectivity index (χ1v) is 9.63. The van der Waals surface area contributed by atoms with Crippen LogP contribution in [0.3, 0.4) is 0 Å². The van der Waals surface area contributed by atoms with Crippen LogP contribution in [0.1, 0.15) is 36.8 Å². The van der Waals surface area contributed by atoms with Crippen molar-refractivity contribution in [1.29, 1.82) is 0 Å². The first-order chi connectivity index (χ1) is 13.2. The smallest absolute Gasteiger partial charge is 0.330 e. The molecule has 1 aliphatic heterocycles. The molecule has 1 saturated carbocycles. The Kier molecular flexibility index (Phi) is 3.97. The number of hydrogen-bond acceptors (Lipinski definition) is 5. The number of aryl methyl sites for hydroxylation is 1. The van der Waals surface area contributed by atoms with Gasteiger partial charge in [0.2, 0.25) is 11.7 Å². The molecule has 3 aromatic rings. The van der Waals surface area contributed by atoms with E-state index in [4.69, 9.17) is 4.52 Å². The van der Waals surface area contributed by atoms with Gasteiger partial charge in [0.15, 0.2) is 0 Å². The van der Waals surface area contributed by atoms with Gasteiger partial charge in [-0.15, -0.1) is 0 Å². The number of hydrogen-bond donors (Lipinski definition) is 2. The monoisotopic (exact) mass is 365 g/mol. The highest BCUT2D eigenvalue weighted by atomic mass is 16.5. The van der Waals surface area contributed by atoms with Crippen LogP contribution in [-0.4, -0.2) is 32.8 Å². The third kappa shape index (κ3) is 3.02. The molecule has 2 N–H and O–H groups in total. The Morgan fingerprint density at radius 3 is 2.89 bits per heavy atom. The summed E-state index contributed by atoms with van der Waals surface area (Å²) >= 11 is 0. The molecular weight excluding hydrogens is 342 g/mol. The van der Waals surface area contributed by atoms with Gasteiger partial charge >= 0.3 is 5.69 Å². The zero-order valence-corrected chi connectivity index (χ0v) is 15.3. The van der Waals surface area contributed by atoms with Crippen LogP contribution in [0.2, 0.25) is 0 Å². The molecule has 2 aromatic heterocycles. The number of nitrogens with zero attached hydrogens (tertiary/aromatic N) is 3. The largest absolute Gasteiger partial charge is 0.339 e. The molecule has 1 aliphatic carbocycles. The summed E-state index contributed by atoms with van der Waals surface area (Å²) in [7, 11) is 0. The average Bonchev–Trinajstić information content (AvgIpc) is 3.21. The summed E-state index contributed by atoms with van der Waals surface area (Å²) in [5.74, 6) is 3.22. The lowest BCUT2D eigenvalue weighted by Gasteiger charge is -2.22. The Bertz CT molecular complexity index is 1010. The van der Waals surface area contributed by atoms with Gasteiger partial charge in [-0.3, -0.25) is 4.57 Å². The van der Waals surface area contributed by atoms with Crippen LogP contribution in [0.4, 0.5) is 0 Å². The van der Waals surface area contributed by atoms with Gasteiger partial charge in [0.25, 0.3) is 0 Å². The molecule has 0 bridgehead atoms. The number of aromatic amines is 1. The average molecular weight is 365 g/mol. The second-order valence-electron chi connectivity index (χ2n) is 7.67. The van der Waals surface area contributed by atoms with Gasteiger partial charge in [-0.2, -0.15) is 4.98 Å². The lowest BCUT2D eigenvalue weighted by molar-refractivity contribution is 0.317. The molecule has 7 nitrogen and oxygen atoms in total. The molecule has 0 spiro atoms. The molecule has 7 heteroatoms. The van der Waals surface area contributed by atoms with Crippen LogP contribution in [0.5, 0.6) is 0 Å². The molecular formula is C20H23N5O2. The summed E-state index contributed by atoms with van der Waals surface area (Å²) in [4.78, 5) is 19.4. The van der Waals surface area contributed by atoms with Crippen molar-refractivity contribution in [2.75, 3.05) is 13.1 Å². The van der Waals surface area contributed by atoms with E-state index in [1.54, 1.807) is 10.8 Å². The fourth-order valence-electron chi connectivity index (χ4n) is 4.36. The maximum atomic E-state index is 12.0. The molecule has 2 atom stereocenters. The quantitative estimate of drug-likeness (QED) is 0.742. The van der Waals surface area contributed by atoms with Crippen LogP contribution in [0.25, 0.3) is 17.1 Å². The maximum absolute atomic E-state index is 12.0. The van der Waals surface area contributed by atoms with Gasteiger partial charge in [-0.05, 0) is 63.2 Å². The first-order valence-electron chi connectivity index (χ1n) is 9.63. The highest BCUT2D eigenvalue weighted by Gasteiger charge is 2.47. The van der Waals surface area contributed by atoms with Gasteiger partial charge in [0.05, 0.1) is 5.69 Å². The van der Waals surface area contributed by atoms with E-state index in [0.29, 0.717) is 17.7 Å². The van der Waals surface area contributed by atoms with E-state index in [0.717, 1.165) is 48.3 Å². The Hall–Kier alpha value is -2.67. The molecule has 1 aromatic carbocycles. The summed E-state index contributed by atoms with van der Waals surface area (Å²) < 4.78 is 7.23. The SMILES string of the molecule is Cc1c[nH]c(=O)n1-c1cccc(-c2noc([C@@H]3C[C@H]3C3CCNCC3)n2)c1. The van der Waals surface area contributed by atoms with Crippen molar-refractivity contribution in [2.24, 2.45) is 11.8 Å². The van der Waals surface area contributed by atoms with Crippen LogP contribution >= 0.6 is 0 Å². The first kappa shape index (κ1) is 16.5. The van der Waals surface area contributed by atoms with Gasteiger partial charge < -0.3 is 14.8 Å². The zero-order chi connectivity index (χ0) is 18.4. The Labute approximate surface area is 156 Å². The van der Waals surface area contributed by atoms with Crippen molar-refractivity contribution in [3.63, 3.8) is 0 Å². The molecule has 27 heavy (non-hydrogen) atoms. The van der Waals surface area contributed by atoms with Gasteiger partial charge in [0.1, 0.15) is 0 Å². The number of H-pyrrole nitrogens is 1. The highest BCUT2D eigenvalue weighted by molar-refractivity contribution is 5.58. The third-order valence-electron chi connectivity index (χ3n) is 5.91. The predicted molar refractivity (Wildman–Crippen MR) is 101 cm³/mol. The van der Waals surface area contributed by atoms with Crippen LogP contribution in [0, 0.1) is 18.8 Å². The van der Waals surface area contributed by atoms with E-state index >= 15 is 0 Å². The van der Waals surface area contributed by atoms with Crippen molar-refractivity contribution >= 4 is 0 Å². The lowest BCUT2D eigenvalue weighted by atomic mass is 9.92. The lowest BCUT2D eigenvalue weighted by Crippen LogP contribution is -2.28. The molecule has 0 unspecified atom stereocenters. The number of piperidine rings is 1. The fourth-order valence-corrected chi connectivity index (χ4v) is 4.36. The summed E-state index contributed by atoms with van der Waals surface area (Å²) in [5.41, 5.74) is 2.35. The molecule has 2 aliphatic rings. The summed E-state index contributed by atoms with van der Waals surface area (Å²) in [6.45, 7) is 4.13. The van der Waals surface area contributed by atoms with Gasteiger partial charge in [0, 0.05) is 23.4 Å². The van der Waals surface area contributed by atoms with E-state index in [9.17, 15) is 4.79 Å². The minimum atomic E-state index is -0.152. The Morgan fingerprint density at radius 1 is 1.26 bits per heavy atom. The predicted octanol–water partition coefficient (Wildman–Crippen LogP) is 2.63. The Morgan fingerprint density at radius 2 is 2.11 bits per heavy atom. The molecule has 0 amide bonds. The minimum Gasteiger partial charge on any atom is -0.339 e. The van der Waals surface area contributed by atoms with Crippen molar-refractivity contribution in [2.45, 2.75) is 32.1 Å². The standard InChI is InChI=1S/C20H23N5O2/c1-12-11-22-20(26)25(12)15-4-2-3-14(9-15)18-23-19(27-24-18)17-10-16(17)13-5-7-21-8-6-13/h2-4,9,11,13,16-17,21H,5-8,10H2,1H3,(H,22,26)/t16-,17+/m0/s1. The molecule has 5 rings (SSSR count). The van der Waals surface area contributed by atoms with Crippen molar-refractivity contribution in [1.82, 2.24) is 25.0 Å². The minimum absolute atomic E-state index is 0.152. The van der Waals surface area contributed by atoms with E-state index in [1.165, 1.54) is 12.8 Å². The van der Waals surface area contributed by atoms with Gasteiger partial charge in [-0.1, -0.05) is 17.3 Å². The van der Waals surface area contributed by atoms with Crippen molar-refractivity contribution in [3.05, 3.63) is 52.5 Å². The number of nitrogens with one attached hydrogen (secondary N) is 2.